The number of halogens is 1. The van der Waals surface area contributed by atoms with Gasteiger partial charge in [0.25, 0.3) is 0 Å². The van der Waals surface area contributed by atoms with Crippen LogP contribution in [0.1, 0.15) is 141 Å². The summed E-state index contributed by atoms with van der Waals surface area (Å²) in [4.78, 5) is 0. The summed E-state index contributed by atoms with van der Waals surface area (Å²) in [5.74, 6) is 0. The largest absolute Gasteiger partial charge is 1.00 e. The Morgan fingerprint density at radius 1 is 0.600 bits per heavy atom. The molecule has 0 atom stereocenters. The zero-order valence-electron chi connectivity index (χ0n) is 20.7. The fourth-order valence-corrected chi connectivity index (χ4v) is 4.34. The Bertz CT molecular complexity index is 486. The van der Waals surface area contributed by atoms with E-state index in [1.807, 2.05) is 0 Å². The van der Waals surface area contributed by atoms with Crippen molar-refractivity contribution in [2.45, 2.75) is 149 Å². The number of hydrogen-bond acceptors (Lipinski definition) is 0. The first kappa shape index (κ1) is 29.4. The summed E-state index contributed by atoms with van der Waals surface area (Å²) in [6.07, 6.45) is 29.0. The van der Waals surface area contributed by atoms with Gasteiger partial charge in [-0.2, -0.15) is 0 Å². The molecule has 1 nitrogen and oxygen atoms in total. The van der Waals surface area contributed by atoms with Crippen molar-refractivity contribution in [1.29, 1.82) is 0 Å². The third kappa shape index (κ3) is 16.2. The topological polar surface area (TPSA) is 3.88 Å². The molecule has 1 aromatic rings. The maximum atomic E-state index is 2.46. The smallest absolute Gasteiger partial charge is 0.178 e. The van der Waals surface area contributed by atoms with Crippen LogP contribution in [0.4, 0.5) is 0 Å². The lowest BCUT2D eigenvalue weighted by molar-refractivity contribution is -0.703. The number of unbranched alkanes of at least 4 members (excludes halogenated alkanes) is 16. The van der Waals surface area contributed by atoms with Crippen LogP contribution in [0.15, 0.2) is 18.3 Å². The van der Waals surface area contributed by atoms with Crippen LogP contribution in [0.25, 0.3) is 0 Å². The standard InChI is InChI=1S/C28H52N.ClH/c1-4-6-8-10-12-14-16-18-20-22-28-23-25-29(27(3)26-28)24-21-19-17-15-13-11-9-7-5-2;/h23,25-26H,4-22,24H2,1-3H3;1H/q+1;/p-1. The summed E-state index contributed by atoms with van der Waals surface area (Å²) in [6.45, 7) is 8.07. The zero-order valence-corrected chi connectivity index (χ0v) is 21.5. The van der Waals surface area contributed by atoms with Crippen molar-refractivity contribution in [1.82, 2.24) is 0 Å². The highest BCUT2D eigenvalue weighted by atomic mass is 35.5. The van der Waals surface area contributed by atoms with Crippen molar-refractivity contribution in [2.24, 2.45) is 0 Å². The molecule has 0 saturated heterocycles. The second-order valence-electron chi connectivity index (χ2n) is 9.28. The Labute approximate surface area is 195 Å². The van der Waals surface area contributed by atoms with Crippen LogP contribution in [0, 0.1) is 6.92 Å². The van der Waals surface area contributed by atoms with Gasteiger partial charge < -0.3 is 12.4 Å². The molecule has 2 heteroatoms. The van der Waals surface area contributed by atoms with Gasteiger partial charge in [0.1, 0.15) is 6.54 Å². The second kappa shape index (κ2) is 21.7. The molecule has 0 spiro atoms. The van der Waals surface area contributed by atoms with Crippen molar-refractivity contribution >= 4 is 0 Å². The number of pyridine rings is 1. The Balaban J connectivity index is 0.00000841. The number of hydrogen-bond donors (Lipinski definition) is 0. The van der Waals surface area contributed by atoms with E-state index in [0.29, 0.717) is 0 Å². The summed E-state index contributed by atoms with van der Waals surface area (Å²) in [7, 11) is 0. The van der Waals surface area contributed by atoms with E-state index in [1.165, 1.54) is 140 Å². The minimum absolute atomic E-state index is 0. The molecule has 1 heterocycles. The van der Waals surface area contributed by atoms with Crippen LogP contribution in [-0.2, 0) is 13.0 Å². The van der Waals surface area contributed by atoms with Gasteiger partial charge in [-0.25, -0.2) is 4.57 Å². The fourth-order valence-electron chi connectivity index (χ4n) is 4.34. The van der Waals surface area contributed by atoms with Crippen LogP contribution >= 0.6 is 0 Å². The molecule has 0 aliphatic heterocycles. The lowest BCUT2D eigenvalue weighted by atomic mass is 10.0. The molecule has 1 aromatic heterocycles. The molecule has 1 rings (SSSR count). The average molecular weight is 438 g/mol. The quantitative estimate of drug-likeness (QED) is 0.177. The molecule has 0 aromatic carbocycles. The lowest BCUT2D eigenvalue weighted by Gasteiger charge is -2.05. The van der Waals surface area contributed by atoms with Gasteiger partial charge in [0.2, 0.25) is 0 Å². The van der Waals surface area contributed by atoms with Gasteiger partial charge in [-0.05, 0) is 24.8 Å². The van der Waals surface area contributed by atoms with Crippen LogP contribution in [0.2, 0.25) is 0 Å². The summed E-state index contributed by atoms with van der Waals surface area (Å²) >= 11 is 0. The third-order valence-corrected chi connectivity index (χ3v) is 6.39. The average Bonchev–Trinajstić information content (AvgIpc) is 2.72. The number of aryl methyl sites for hydroxylation is 3. The maximum absolute atomic E-state index is 2.46. The molecule has 0 N–H and O–H groups in total. The van der Waals surface area contributed by atoms with Crippen LogP contribution in [0.5, 0.6) is 0 Å². The Morgan fingerprint density at radius 2 is 1.03 bits per heavy atom. The van der Waals surface area contributed by atoms with E-state index < -0.39 is 0 Å². The van der Waals surface area contributed by atoms with Gasteiger partial charge in [0.05, 0.1) is 0 Å². The summed E-state index contributed by atoms with van der Waals surface area (Å²) < 4.78 is 2.46. The first-order valence-corrected chi connectivity index (χ1v) is 13.3. The van der Waals surface area contributed by atoms with Crippen molar-refractivity contribution < 1.29 is 17.0 Å². The fraction of sp³-hybridized carbons (Fsp3) is 0.821. The molecule has 0 bridgehead atoms. The number of rotatable bonds is 20. The van der Waals surface area contributed by atoms with Gasteiger partial charge in [-0.15, -0.1) is 0 Å². The van der Waals surface area contributed by atoms with Crippen LogP contribution in [0.3, 0.4) is 0 Å². The Morgan fingerprint density at radius 3 is 1.50 bits per heavy atom. The SMILES string of the molecule is CCCCCCCCCCCc1cc[n+](CCCCCCCCCCC)c(C)c1.[Cl-]. The predicted octanol–water partition coefficient (Wildman–Crippen LogP) is 5.89. The molecule has 0 aliphatic rings. The third-order valence-electron chi connectivity index (χ3n) is 6.39. The van der Waals surface area contributed by atoms with E-state index in [-0.39, 0.29) is 12.4 Å². The van der Waals surface area contributed by atoms with Gasteiger partial charge in [-0.1, -0.05) is 110 Å². The molecule has 0 radical (unpaired) electrons. The minimum atomic E-state index is 0. The normalized spacial score (nSPS) is 10.9. The zero-order chi connectivity index (χ0) is 21.0. The van der Waals surface area contributed by atoms with Crippen molar-refractivity contribution in [2.75, 3.05) is 0 Å². The monoisotopic (exact) mass is 437 g/mol. The Hall–Kier alpha value is -0.560. The van der Waals surface area contributed by atoms with E-state index in [0.717, 1.165) is 0 Å². The first-order chi connectivity index (χ1) is 14.3. The van der Waals surface area contributed by atoms with Gasteiger partial charge in [-0.3, -0.25) is 0 Å². The first-order valence-electron chi connectivity index (χ1n) is 13.3. The van der Waals surface area contributed by atoms with E-state index in [2.05, 4.69) is 43.7 Å². The highest BCUT2D eigenvalue weighted by Crippen LogP contribution is 2.13. The molecule has 0 unspecified atom stereocenters. The van der Waals surface area contributed by atoms with Gasteiger partial charge in [0.15, 0.2) is 11.9 Å². The Kier molecular flexibility index (Phi) is 21.3. The lowest BCUT2D eigenvalue weighted by Crippen LogP contribution is -3.00. The maximum Gasteiger partial charge on any atom is 0.178 e. The highest BCUT2D eigenvalue weighted by molar-refractivity contribution is 5.11. The van der Waals surface area contributed by atoms with E-state index >= 15 is 0 Å². The van der Waals surface area contributed by atoms with Crippen LogP contribution in [-0.4, -0.2) is 0 Å². The van der Waals surface area contributed by atoms with Gasteiger partial charge >= 0.3 is 0 Å². The van der Waals surface area contributed by atoms with E-state index in [4.69, 9.17) is 0 Å². The van der Waals surface area contributed by atoms with E-state index in [1.54, 1.807) is 0 Å². The van der Waals surface area contributed by atoms with Gasteiger partial charge in [0, 0.05) is 25.5 Å². The summed E-state index contributed by atoms with van der Waals surface area (Å²) in [5, 5.41) is 0. The highest BCUT2D eigenvalue weighted by Gasteiger charge is 2.07. The molecule has 0 saturated carbocycles. The molecular formula is C28H52ClN. The molecular weight excluding hydrogens is 386 g/mol. The van der Waals surface area contributed by atoms with Crippen LogP contribution < -0.4 is 17.0 Å². The summed E-state index contributed by atoms with van der Waals surface area (Å²) in [5.41, 5.74) is 2.98. The molecule has 0 aliphatic carbocycles. The van der Waals surface area contributed by atoms with Crippen molar-refractivity contribution in [3.63, 3.8) is 0 Å². The van der Waals surface area contributed by atoms with Crippen molar-refractivity contribution in [3.05, 3.63) is 29.6 Å². The minimum Gasteiger partial charge on any atom is -1.00 e. The van der Waals surface area contributed by atoms with E-state index in [9.17, 15) is 0 Å². The summed E-state index contributed by atoms with van der Waals surface area (Å²) in [6, 6.07) is 4.80. The molecule has 176 valence electrons. The number of nitrogens with zero attached hydrogens (tertiary/aromatic N) is 1. The predicted molar refractivity (Wildman–Crippen MR) is 130 cm³/mol. The molecule has 0 fully saturated rings. The van der Waals surface area contributed by atoms with Crippen molar-refractivity contribution in [3.8, 4) is 0 Å². The molecule has 0 amide bonds. The number of aromatic nitrogens is 1. The second-order valence-corrected chi connectivity index (χ2v) is 9.28. The molecule has 30 heavy (non-hydrogen) atoms.